The summed E-state index contributed by atoms with van der Waals surface area (Å²) in [6.45, 7) is 2.46. The maximum Gasteiger partial charge on any atom is 0.241 e. The van der Waals surface area contributed by atoms with Gasteiger partial charge in [-0.2, -0.15) is 0 Å². The first-order valence-electron chi connectivity index (χ1n) is 7.40. The smallest absolute Gasteiger partial charge is 0.241 e. The third-order valence-electron chi connectivity index (χ3n) is 3.78. The topological polar surface area (TPSA) is 41.6 Å². The fourth-order valence-corrected chi connectivity index (χ4v) is 2.41. The molecule has 2 aromatic carbocycles. The van der Waals surface area contributed by atoms with Gasteiger partial charge in [-0.1, -0.05) is 41.9 Å². The lowest BCUT2D eigenvalue weighted by atomic mass is 10.2. The first kappa shape index (κ1) is 17.3. The summed E-state index contributed by atoms with van der Waals surface area (Å²) in [6.07, 6.45) is 0. The van der Waals surface area contributed by atoms with E-state index in [0.29, 0.717) is 23.0 Å². The molecule has 23 heavy (non-hydrogen) atoms. The molecule has 0 heterocycles. The molecule has 1 N–H and O–H groups in total. The average molecular weight is 333 g/mol. The molecule has 0 aromatic heterocycles. The zero-order valence-corrected chi connectivity index (χ0v) is 14.3. The van der Waals surface area contributed by atoms with Crippen LogP contribution in [0, 0.1) is 0 Å². The number of hydrogen-bond donors (Lipinski definition) is 1. The number of hydrogen-bond acceptors (Lipinski definition) is 3. The Kier molecular flexibility index (Phi) is 6.02. The molecule has 2 aromatic rings. The summed E-state index contributed by atoms with van der Waals surface area (Å²) < 4.78 is 5.25. The van der Waals surface area contributed by atoms with E-state index in [2.05, 4.69) is 5.32 Å². The molecule has 0 aliphatic carbocycles. The van der Waals surface area contributed by atoms with E-state index in [4.69, 9.17) is 16.3 Å². The van der Waals surface area contributed by atoms with E-state index in [1.165, 1.54) is 0 Å². The number of ether oxygens (including phenoxy) is 1. The number of halogens is 1. The lowest BCUT2D eigenvalue weighted by Gasteiger charge is -2.24. The molecule has 1 atom stereocenters. The highest BCUT2D eigenvalue weighted by atomic mass is 35.5. The quantitative estimate of drug-likeness (QED) is 0.874. The monoisotopic (exact) mass is 332 g/mol. The highest BCUT2D eigenvalue weighted by Crippen LogP contribution is 2.23. The van der Waals surface area contributed by atoms with Gasteiger partial charge in [0.05, 0.1) is 18.8 Å². The van der Waals surface area contributed by atoms with Crippen LogP contribution >= 0.6 is 11.6 Å². The molecule has 0 fully saturated rings. The summed E-state index contributed by atoms with van der Waals surface area (Å²) in [5.41, 5.74) is 1.66. The minimum Gasteiger partial charge on any atom is -0.495 e. The van der Waals surface area contributed by atoms with E-state index in [1.54, 1.807) is 7.11 Å². The lowest BCUT2D eigenvalue weighted by molar-refractivity contribution is -0.120. The molecule has 1 amide bonds. The molecule has 0 saturated carbocycles. The molecule has 1 unspecified atom stereocenters. The van der Waals surface area contributed by atoms with Gasteiger partial charge in [0.2, 0.25) is 5.91 Å². The number of methoxy groups -OCH3 is 1. The van der Waals surface area contributed by atoms with Gasteiger partial charge in [-0.05, 0) is 37.7 Å². The molecule has 5 heteroatoms. The number of rotatable bonds is 6. The summed E-state index contributed by atoms with van der Waals surface area (Å²) in [5.74, 6) is 0.547. The zero-order valence-electron chi connectivity index (χ0n) is 13.5. The number of likely N-dealkylation sites (N-methyl/N-ethyl adjacent to an activating group) is 1. The second-order valence-corrected chi connectivity index (χ2v) is 5.78. The van der Waals surface area contributed by atoms with Crippen molar-refractivity contribution in [2.45, 2.75) is 19.5 Å². The normalized spacial score (nSPS) is 12.0. The maximum absolute atomic E-state index is 12.5. The van der Waals surface area contributed by atoms with Crippen molar-refractivity contribution in [1.29, 1.82) is 0 Å². The fraction of sp³-hybridized carbons (Fsp3) is 0.278. The zero-order chi connectivity index (χ0) is 16.8. The molecule has 122 valence electrons. The number of anilines is 1. The fourth-order valence-electron chi connectivity index (χ4n) is 2.22. The summed E-state index contributed by atoms with van der Waals surface area (Å²) >= 11 is 6.18. The van der Waals surface area contributed by atoms with Crippen LogP contribution in [0.1, 0.15) is 12.5 Å². The first-order chi connectivity index (χ1) is 11.0. The van der Waals surface area contributed by atoms with E-state index in [9.17, 15) is 4.79 Å². The van der Waals surface area contributed by atoms with Crippen LogP contribution in [0.15, 0.2) is 48.5 Å². The van der Waals surface area contributed by atoms with E-state index < -0.39 is 0 Å². The molecule has 0 bridgehead atoms. The predicted octanol–water partition coefficient (Wildman–Crippen LogP) is 3.81. The van der Waals surface area contributed by atoms with E-state index in [0.717, 1.165) is 5.56 Å². The van der Waals surface area contributed by atoms with Crippen molar-refractivity contribution in [3.8, 4) is 5.75 Å². The van der Waals surface area contributed by atoms with Gasteiger partial charge in [0, 0.05) is 11.6 Å². The van der Waals surface area contributed by atoms with Gasteiger partial charge in [-0.25, -0.2) is 0 Å². The van der Waals surface area contributed by atoms with Crippen LogP contribution in [0.2, 0.25) is 5.02 Å². The second-order valence-electron chi connectivity index (χ2n) is 5.37. The molecule has 2 rings (SSSR count). The Hall–Kier alpha value is -2.04. The van der Waals surface area contributed by atoms with Crippen LogP contribution in [0.25, 0.3) is 0 Å². The molecule has 4 nitrogen and oxygen atoms in total. The molecule has 0 saturated heterocycles. The first-order valence-corrected chi connectivity index (χ1v) is 7.78. The van der Waals surface area contributed by atoms with Crippen molar-refractivity contribution in [1.82, 2.24) is 4.90 Å². The Morgan fingerprint density at radius 3 is 2.57 bits per heavy atom. The van der Waals surface area contributed by atoms with Gasteiger partial charge < -0.3 is 10.1 Å². The van der Waals surface area contributed by atoms with Crippen LogP contribution in [0.5, 0.6) is 5.75 Å². The number of para-hydroxylation sites is 2. The number of amides is 1. The van der Waals surface area contributed by atoms with Crippen molar-refractivity contribution in [3.63, 3.8) is 0 Å². The van der Waals surface area contributed by atoms with Crippen LogP contribution < -0.4 is 10.1 Å². The van der Waals surface area contributed by atoms with Gasteiger partial charge in [0.25, 0.3) is 0 Å². The van der Waals surface area contributed by atoms with Crippen LogP contribution in [-0.2, 0) is 11.3 Å². The molecule has 0 aliphatic heterocycles. The van der Waals surface area contributed by atoms with Crippen molar-refractivity contribution < 1.29 is 9.53 Å². The van der Waals surface area contributed by atoms with E-state index in [-0.39, 0.29) is 11.9 Å². The van der Waals surface area contributed by atoms with Gasteiger partial charge in [-0.3, -0.25) is 9.69 Å². The average Bonchev–Trinajstić information content (AvgIpc) is 2.56. The standard InChI is InChI=1S/C18H21ClN2O2/c1-13(21(2)12-14-8-4-5-9-15(14)19)18(22)20-16-10-6-7-11-17(16)23-3/h4-11,13H,12H2,1-3H3,(H,20,22). The number of benzene rings is 2. The SMILES string of the molecule is COc1ccccc1NC(=O)C(C)N(C)Cc1ccccc1Cl. The number of nitrogens with zero attached hydrogens (tertiary/aromatic N) is 1. The summed E-state index contributed by atoms with van der Waals surface area (Å²) in [4.78, 5) is 14.4. The van der Waals surface area contributed by atoms with Crippen LogP contribution in [0.3, 0.4) is 0 Å². The molecule has 0 aliphatic rings. The van der Waals surface area contributed by atoms with Crippen molar-refractivity contribution in [3.05, 3.63) is 59.1 Å². The Balaban J connectivity index is 2.03. The predicted molar refractivity (Wildman–Crippen MR) is 94.0 cm³/mol. The molecular formula is C18H21ClN2O2. The highest BCUT2D eigenvalue weighted by Gasteiger charge is 2.20. The maximum atomic E-state index is 12.5. The van der Waals surface area contributed by atoms with Crippen molar-refractivity contribution in [2.24, 2.45) is 0 Å². The third-order valence-corrected chi connectivity index (χ3v) is 4.15. The van der Waals surface area contributed by atoms with Crippen molar-refractivity contribution >= 4 is 23.2 Å². The summed E-state index contributed by atoms with van der Waals surface area (Å²) in [7, 11) is 3.48. The Morgan fingerprint density at radius 1 is 1.22 bits per heavy atom. The second kappa shape index (κ2) is 7.99. The molecule has 0 spiro atoms. The number of carbonyl (C=O) groups excluding carboxylic acids is 1. The largest absolute Gasteiger partial charge is 0.495 e. The summed E-state index contributed by atoms with van der Waals surface area (Å²) in [6, 6.07) is 14.7. The van der Waals surface area contributed by atoms with Gasteiger partial charge in [-0.15, -0.1) is 0 Å². The summed E-state index contributed by atoms with van der Waals surface area (Å²) in [5, 5.41) is 3.61. The van der Waals surface area contributed by atoms with Gasteiger partial charge in [0.1, 0.15) is 5.75 Å². The van der Waals surface area contributed by atoms with Gasteiger partial charge in [0.15, 0.2) is 0 Å². The minimum atomic E-state index is -0.309. The number of carbonyl (C=O) groups is 1. The highest BCUT2D eigenvalue weighted by molar-refractivity contribution is 6.31. The lowest BCUT2D eigenvalue weighted by Crippen LogP contribution is -2.39. The van der Waals surface area contributed by atoms with E-state index >= 15 is 0 Å². The van der Waals surface area contributed by atoms with E-state index in [1.807, 2.05) is 67.4 Å². The Morgan fingerprint density at radius 2 is 1.87 bits per heavy atom. The molecular weight excluding hydrogens is 312 g/mol. The Labute approximate surface area is 142 Å². The molecule has 0 radical (unpaired) electrons. The third kappa shape index (κ3) is 4.47. The van der Waals surface area contributed by atoms with Crippen molar-refractivity contribution in [2.75, 3.05) is 19.5 Å². The van der Waals surface area contributed by atoms with Crippen LogP contribution in [0.4, 0.5) is 5.69 Å². The van der Waals surface area contributed by atoms with Crippen LogP contribution in [-0.4, -0.2) is 31.0 Å². The van der Waals surface area contributed by atoms with Gasteiger partial charge >= 0.3 is 0 Å². The minimum absolute atomic E-state index is 0.0935. The number of nitrogens with one attached hydrogen (secondary N) is 1. The Bertz CT molecular complexity index is 676.